The molecular formula is C22H27N3O8S. The van der Waals surface area contributed by atoms with E-state index in [1.807, 2.05) is 20.8 Å². The molecule has 3 aliphatic heterocycles. The molecule has 0 aliphatic carbocycles. The first-order valence-corrected chi connectivity index (χ1v) is 11.8. The first-order chi connectivity index (χ1) is 16.1. The molecule has 184 valence electrons. The number of esters is 2. The van der Waals surface area contributed by atoms with Gasteiger partial charge >= 0.3 is 11.9 Å². The van der Waals surface area contributed by atoms with Gasteiger partial charge in [-0.25, -0.2) is 4.79 Å². The van der Waals surface area contributed by atoms with Gasteiger partial charge in [-0.2, -0.15) is 0 Å². The molecule has 0 spiro atoms. The number of thioether (sulfide) groups is 1. The molecule has 2 fully saturated rings. The largest absolute Gasteiger partial charge is 0.454 e. The Labute approximate surface area is 200 Å². The monoisotopic (exact) mass is 493 g/mol. The van der Waals surface area contributed by atoms with E-state index in [0.717, 1.165) is 0 Å². The van der Waals surface area contributed by atoms with Crippen LogP contribution < -0.4 is 20.5 Å². The average Bonchev–Trinajstić information content (AvgIpc) is 3.36. The van der Waals surface area contributed by atoms with Gasteiger partial charge in [-0.05, 0) is 38.0 Å². The Bertz CT molecular complexity index is 1020. The van der Waals surface area contributed by atoms with E-state index in [2.05, 4.69) is 5.32 Å². The Balaban J connectivity index is 1.36. The molecule has 0 bridgehead atoms. The number of β-lactam (4-membered cyclic amide) rings is 1. The number of carbonyl (C=O) groups is 4. The molecule has 12 heteroatoms. The second kappa shape index (κ2) is 9.34. The van der Waals surface area contributed by atoms with Crippen molar-refractivity contribution in [2.24, 2.45) is 5.73 Å². The number of benzene rings is 1. The van der Waals surface area contributed by atoms with E-state index in [1.54, 1.807) is 18.2 Å². The van der Waals surface area contributed by atoms with Gasteiger partial charge in [0.2, 0.25) is 25.4 Å². The van der Waals surface area contributed by atoms with Crippen molar-refractivity contribution < 1.29 is 38.1 Å². The van der Waals surface area contributed by atoms with Gasteiger partial charge in [-0.15, -0.1) is 11.8 Å². The van der Waals surface area contributed by atoms with Gasteiger partial charge in [0.1, 0.15) is 23.5 Å². The number of ether oxygens (including phenoxy) is 4. The van der Waals surface area contributed by atoms with Crippen molar-refractivity contribution in [3.8, 4) is 11.5 Å². The summed E-state index contributed by atoms with van der Waals surface area (Å²) >= 11 is 1.38. The molecule has 3 heterocycles. The smallest absolute Gasteiger partial charge is 0.333 e. The topological polar surface area (TPSA) is 146 Å². The van der Waals surface area contributed by atoms with Crippen molar-refractivity contribution in [1.29, 1.82) is 0 Å². The van der Waals surface area contributed by atoms with Gasteiger partial charge in [0.25, 0.3) is 0 Å². The maximum absolute atomic E-state index is 12.9. The summed E-state index contributed by atoms with van der Waals surface area (Å²) in [6, 6.07) is 2.25. The van der Waals surface area contributed by atoms with Gasteiger partial charge in [0.15, 0.2) is 11.5 Å². The van der Waals surface area contributed by atoms with E-state index in [4.69, 9.17) is 24.7 Å². The summed E-state index contributed by atoms with van der Waals surface area (Å²) in [6.07, 6.45) is 0.846. The second-order valence-electron chi connectivity index (χ2n) is 8.68. The summed E-state index contributed by atoms with van der Waals surface area (Å²) in [4.78, 5) is 51.2. The highest BCUT2D eigenvalue weighted by Gasteiger charge is 2.64. The van der Waals surface area contributed by atoms with Crippen molar-refractivity contribution in [1.82, 2.24) is 10.2 Å². The molecule has 0 aromatic heterocycles. The molecule has 1 aromatic rings. The molecule has 2 unspecified atom stereocenters. The van der Waals surface area contributed by atoms with Gasteiger partial charge in [-0.3, -0.25) is 14.4 Å². The van der Waals surface area contributed by atoms with Crippen LogP contribution in [0, 0.1) is 0 Å². The second-order valence-corrected chi connectivity index (χ2v) is 10.5. The fourth-order valence-electron chi connectivity index (χ4n) is 4.14. The molecule has 1 aromatic carbocycles. The number of hydrogen-bond donors (Lipinski definition) is 2. The van der Waals surface area contributed by atoms with E-state index in [-0.39, 0.29) is 13.2 Å². The normalized spacial score (nSPS) is 24.6. The minimum Gasteiger partial charge on any atom is -0.454 e. The molecule has 2 amide bonds. The van der Waals surface area contributed by atoms with Crippen molar-refractivity contribution in [2.75, 3.05) is 13.6 Å². The number of nitrogens with one attached hydrogen (secondary N) is 1. The molecule has 4 rings (SSSR count). The van der Waals surface area contributed by atoms with Gasteiger partial charge in [-0.1, -0.05) is 13.0 Å². The Hall–Kier alpha value is -2.99. The molecule has 3 aliphatic rings. The molecule has 2 saturated heterocycles. The fraction of sp³-hybridized carbons (Fsp3) is 0.545. The molecule has 0 saturated carbocycles. The molecule has 4 atom stereocenters. The van der Waals surface area contributed by atoms with E-state index in [1.165, 1.54) is 16.7 Å². The Morgan fingerprint density at radius 2 is 2.00 bits per heavy atom. The van der Waals surface area contributed by atoms with Crippen LogP contribution in [-0.4, -0.2) is 64.4 Å². The van der Waals surface area contributed by atoms with E-state index in [0.29, 0.717) is 23.5 Å². The summed E-state index contributed by atoms with van der Waals surface area (Å²) in [6.45, 7) is 5.06. The van der Waals surface area contributed by atoms with Crippen LogP contribution in [0.2, 0.25) is 0 Å². The number of amides is 2. The summed E-state index contributed by atoms with van der Waals surface area (Å²) in [5.41, 5.74) is 6.63. The Morgan fingerprint density at radius 1 is 1.26 bits per heavy atom. The highest BCUT2D eigenvalue weighted by atomic mass is 32.2. The van der Waals surface area contributed by atoms with Crippen LogP contribution >= 0.6 is 11.8 Å². The highest BCUT2D eigenvalue weighted by molar-refractivity contribution is 8.01. The fourth-order valence-corrected chi connectivity index (χ4v) is 5.76. The molecule has 0 radical (unpaired) electrons. The lowest BCUT2D eigenvalue weighted by atomic mass is 9.95. The van der Waals surface area contributed by atoms with Crippen LogP contribution in [0.25, 0.3) is 0 Å². The number of fused-ring (bicyclic) bond motifs is 2. The maximum atomic E-state index is 12.9. The summed E-state index contributed by atoms with van der Waals surface area (Å²) in [5, 5.41) is 2.25. The quantitative estimate of drug-likeness (QED) is 0.303. The van der Waals surface area contributed by atoms with Crippen molar-refractivity contribution >= 4 is 35.5 Å². The third-order valence-corrected chi connectivity index (χ3v) is 7.45. The van der Waals surface area contributed by atoms with E-state index in [9.17, 15) is 19.2 Å². The molecule has 3 N–H and O–H groups in total. The van der Waals surface area contributed by atoms with E-state index < -0.39 is 58.8 Å². The van der Waals surface area contributed by atoms with Crippen LogP contribution in [0.1, 0.15) is 45.2 Å². The summed E-state index contributed by atoms with van der Waals surface area (Å²) in [7, 11) is 0. The summed E-state index contributed by atoms with van der Waals surface area (Å²) in [5.74, 6) is -0.983. The Kier molecular flexibility index (Phi) is 6.63. The minimum absolute atomic E-state index is 0.103. The van der Waals surface area contributed by atoms with Gasteiger partial charge in [0.05, 0.1) is 0 Å². The predicted octanol–water partition coefficient (Wildman–Crippen LogP) is 0.806. The van der Waals surface area contributed by atoms with Crippen LogP contribution in [0.15, 0.2) is 18.2 Å². The molecule has 34 heavy (non-hydrogen) atoms. The standard InChI is InChI=1S/C22H27N3O8S/c1-4-5-14(26)32-10-33-21(29)17-22(2,3)34-20-16(19(28)25(17)20)24-18(27)15(23)11-6-7-12-13(8-11)31-9-30-12/h6-8,15-17,20H,4-5,9-10,23H2,1-3H3,(H,24,27)/t15?,16?,17-,20+/m0/s1. The number of nitrogens with two attached hydrogens (primary N) is 1. The van der Waals surface area contributed by atoms with Crippen LogP contribution in [-0.2, 0) is 28.7 Å². The third-order valence-electron chi connectivity index (χ3n) is 5.88. The Morgan fingerprint density at radius 3 is 2.74 bits per heavy atom. The van der Waals surface area contributed by atoms with E-state index >= 15 is 0 Å². The lowest BCUT2D eigenvalue weighted by Gasteiger charge is -2.44. The highest BCUT2D eigenvalue weighted by Crippen LogP contribution is 2.51. The van der Waals surface area contributed by atoms with Gasteiger partial charge in [0, 0.05) is 11.2 Å². The lowest BCUT2D eigenvalue weighted by Crippen LogP contribution is -2.71. The SMILES string of the molecule is CCCC(=O)OCOC(=O)[C@@H]1N2C(=O)C(NC(=O)C(N)c3ccc4c(c3)OCO4)[C@H]2SC1(C)C. The lowest BCUT2D eigenvalue weighted by molar-refractivity contribution is -0.176. The minimum atomic E-state index is -1.02. The van der Waals surface area contributed by atoms with Crippen LogP contribution in [0.5, 0.6) is 11.5 Å². The van der Waals surface area contributed by atoms with Gasteiger partial charge < -0.3 is 34.9 Å². The number of rotatable bonds is 8. The van der Waals surface area contributed by atoms with Crippen molar-refractivity contribution in [3.63, 3.8) is 0 Å². The van der Waals surface area contributed by atoms with Crippen LogP contribution in [0.3, 0.4) is 0 Å². The maximum Gasteiger partial charge on any atom is 0.333 e. The number of nitrogens with zero attached hydrogens (tertiary/aromatic N) is 1. The number of carbonyl (C=O) groups excluding carboxylic acids is 4. The molecule has 11 nitrogen and oxygen atoms in total. The zero-order valence-corrected chi connectivity index (χ0v) is 19.9. The van der Waals surface area contributed by atoms with Crippen molar-refractivity contribution in [3.05, 3.63) is 23.8 Å². The first-order valence-electron chi connectivity index (χ1n) is 10.9. The van der Waals surface area contributed by atoms with Crippen molar-refractivity contribution in [2.45, 2.75) is 61.9 Å². The van der Waals surface area contributed by atoms with Crippen LogP contribution in [0.4, 0.5) is 0 Å². The zero-order valence-electron chi connectivity index (χ0n) is 19.1. The summed E-state index contributed by atoms with van der Waals surface area (Å²) < 4.78 is 19.9. The molecular weight excluding hydrogens is 466 g/mol. The number of hydrogen-bond acceptors (Lipinski definition) is 10. The zero-order chi connectivity index (χ0) is 24.6. The third kappa shape index (κ3) is 4.39. The average molecular weight is 494 g/mol. The predicted molar refractivity (Wildman–Crippen MR) is 119 cm³/mol. The first kappa shape index (κ1) is 24.1.